The summed E-state index contributed by atoms with van der Waals surface area (Å²) in [5.41, 5.74) is 2.47. The molecule has 0 atom stereocenters. The molecule has 0 bridgehead atoms. The Labute approximate surface area is 172 Å². The molecule has 2 aromatic carbocycles. The molecule has 1 amide bonds. The molecule has 9 nitrogen and oxygen atoms in total. The van der Waals surface area contributed by atoms with E-state index in [0.717, 1.165) is 12.8 Å². The maximum absolute atomic E-state index is 12.6. The van der Waals surface area contributed by atoms with Gasteiger partial charge < -0.3 is 0 Å². The van der Waals surface area contributed by atoms with Crippen LogP contribution in [-0.4, -0.2) is 42.9 Å². The van der Waals surface area contributed by atoms with Crippen LogP contribution in [0.2, 0.25) is 5.02 Å². The van der Waals surface area contributed by atoms with Crippen molar-refractivity contribution >= 4 is 39.4 Å². The summed E-state index contributed by atoms with van der Waals surface area (Å²) in [6, 6.07) is 9.52. The number of hydrogen-bond acceptors (Lipinski definition) is 6. The summed E-state index contributed by atoms with van der Waals surface area (Å²) in [6.07, 6.45) is 2.81. The van der Waals surface area contributed by atoms with E-state index in [1.54, 1.807) is 0 Å². The van der Waals surface area contributed by atoms with Crippen LogP contribution < -0.4 is 5.43 Å². The first-order chi connectivity index (χ1) is 13.8. The van der Waals surface area contributed by atoms with Crippen molar-refractivity contribution in [3.63, 3.8) is 0 Å². The maximum atomic E-state index is 12.6. The highest BCUT2D eigenvalue weighted by Crippen LogP contribution is 2.22. The highest BCUT2D eigenvalue weighted by atomic mass is 35.5. The number of hydrogen-bond donors (Lipinski definition) is 1. The van der Waals surface area contributed by atoms with Crippen molar-refractivity contribution in [3.8, 4) is 0 Å². The largest absolute Gasteiger partial charge is 0.271 e. The fraction of sp³-hybridized carbons (Fsp3) is 0.222. The zero-order valence-corrected chi connectivity index (χ0v) is 16.7. The zero-order valence-electron chi connectivity index (χ0n) is 15.1. The van der Waals surface area contributed by atoms with Crippen molar-refractivity contribution < 1.29 is 18.1 Å². The third-order valence-corrected chi connectivity index (χ3v) is 6.60. The van der Waals surface area contributed by atoms with E-state index in [9.17, 15) is 23.3 Å². The number of nitro benzene ring substituents is 1. The number of nitrogens with one attached hydrogen (secondary N) is 1. The Balaban J connectivity index is 1.74. The number of benzene rings is 2. The monoisotopic (exact) mass is 436 g/mol. The zero-order chi connectivity index (χ0) is 21.0. The molecule has 1 aliphatic rings. The SMILES string of the molecule is O=C(N/N=C/c1cc([N+](=O)[O-])ccc1Cl)c1cccc(S(=O)(=O)N2CCCC2)c1. The summed E-state index contributed by atoms with van der Waals surface area (Å²) >= 11 is 5.97. The molecule has 0 aromatic heterocycles. The molecule has 1 N–H and O–H groups in total. The second-order valence-corrected chi connectivity index (χ2v) is 8.65. The quantitative estimate of drug-likeness (QED) is 0.424. The molecule has 152 valence electrons. The van der Waals surface area contributed by atoms with Crippen molar-refractivity contribution in [2.45, 2.75) is 17.7 Å². The third kappa shape index (κ3) is 4.78. The van der Waals surface area contributed by atoms with Crippen LogP contribution in [-0.2, 0) is 10.0 Å². The van der Waals surface area contributed by atoms with Gasteiger partial charge in [0, 0.05) is 41.4 Å². The minimum absolute atomic E-state index is 0.0396. The number of non-ortho nitro benzene ring substituents is 1. The van der Waals surface area contributed by atoms with Crippen LogP contribution in [0.1, 0.15) is 28.8 Å². The lowest BCUT2D eigenvalue weighted by Crippen LogP contribution is -2.28. The Morgan fingerprint density at radius 1 is 1.21 bits per heavy atom. The Hall–Kier alpha value is -2.82. The molecule has 0 unspecified atom stereocenters. The van der Waals surface area contributed by atoms with Crippen LogP contribution in [0, 0.1) is 10.1 Å². The first-order valence-electron chi connectivity index (χ1n) is 8.66. The minimum Gasteiger partial charge on any atom is -0.267 e. The molecular formula is C18H17ClN4O5S. The summed E-state index contributed by atoms with van der Waals surface area (Å²) in [4.78, 5) is 22.6. The summed E-state index contributed by atoms with van der Waals surface area (Å²) in [6.45, 7) is 0.931. The van der Waals surface area contributed by atoms with Gasteiger partial charge in [0.25, 0.3) is 11.6 Å². The lowest BCUT2D eigenvalue weighted by atomic mass is 10.2. The van der Waals surface area contributed by atoms with Crippen molar-refractivity contribution in [2.75, 3.05) is 13.1 Å². The molecule has 1 aliphatic heterocycles. The molecule has 0 aliphatic carbocycles. The van der Waals surface area contributed by atoms with E-state index in [2.05, 4.69) is 10.5 Å². The highest BCUT2D eigenvalue weighted by molar-refractivity contribution is 7.89. The van der Waals surface area contributed by atoms with Gasteiger partial charge in [0.2, 0.25) is 10.0 Å². The normalized spacial score (nSPS) is 14.9. The minimum atomic E-state index is -3.64. The molecule has 0 saturated carbocycles. The molecule has 0 radical (unpaired) electrons. The molecule has 0 spiro atoms. The van der Waals surface area contributed by atoms with Gasteiger partial charge in [-0.15, -0.1) is 0 Å². The van der Waals surface area contributed by atoms with E-state index in [0.29, 0.717) is 13.1 Å². The smallest absolute Gasteiger partial charge is 0.267 e. The molecular weight excluding hydrogens is 420 g/mol. The first-order valence-corrected chi connectivity index (χ1v) is 10.5. The van der Waals surface area contributed by atoms with Gasteiger partial charge in [0.15, 0.2) is 0 Å². The summed E-state index contributed by atoms with van der Waals surface area (Å²) in [5, 5.41) is 14.8. The second kappa shape index (κ2) is 8.68. The Morgan fingerprint density at radius 3 is 2.62 bits per heavy atom. The number of carbonyl (C=O) groups excluding carboxylic acids is 1. The van der Waals surface area contributed by atoms with Crippen LogP contribution in [0.25, 0.3) is 0 Å². The predicted octanol–water partition coefficient (Wildman–Crippen LogP) is 2.80. The lowest BCUT2D eigenvalue weighted by Gasteiger charge is -2.15. The molecule has 29 heavy (non-hydrogen) atoms. The number of sulfonamides is 1. The van der Waals surface area contributed by atoms with Gasteiger partial charge in [-0.1, -0.05) is 17.7 Å². The van der Waals surface area contributed by atoms with Crippen LogP contribution in [0.3, 0.4) is 0 Å². The topological polar surface area (TPSA) is 122 Å². The number of nitrogens with zero attached hydrogens (tertiary/aromatic N) is 3. The van der Waals surface area contributed by atoms with Gasteiger partial charge in [-0.25, -0.2) is 13.8 Å². The molecule has 1 heterocycles. The number of nitro groups is 1. The van der Waals surface area contributed by atoms with Crippen LogP contribution >= 0.6 is 11.6 Å². The van der Waals surface area contributed by atoms with Gasteiger partial charge >= 0.3 is 0 Å². The molecule has 11 heteroatoms. The Morgan fingerprint density at radius 2 is 1.93 bits per heavy atom. The highest BCUT2D eigenvalue weighted by Gasteiger charge is 2.27. The second-order valence-electron chi connectivity index (χ2n) is 6.30. The van der Waals surface area contributed by atoms with E-state index in [1.807, 2.05) is 0 Å². The Bertz CT molecular complexity index is 1080. The van der Waals surface area contributed by atoms with E-state index >= 15 is 0 Å². The van der Waals surface area contributed by atoms with E-state index in [-0.39, 0.29) is 26.7 Å². The predicted molar refractivity (Wildman–Crippen MR) is 108 cm³/mol. The maximum Gasteiger partial charge on any atom is 0.271 e. The van der Waals surface area contributed by atoms with E-state index < -0.39 is 20.9 Å². The standard InChI is InChI=1S/C18H17ClN4O5S/c19-17-7-6-15(23(25)26)10-14(17)12-20-21-18(24)13-4-3-5-16(11-13)29(27,28)22-8-1-2-9-22/h3-7,10-12H,1-2,8-9H2,(H,21,24)/b20-12+. The van der Waals surface area contributed by atoms with Gasteiger partial charge in [0.1, 0.15) is 0 Å². The van der Waals surface area contributed by atoms with E-state index in [1.165, 1.54) is 53.0 Å². The van der Waals surface area contributed by atoms with Crippen molar-refractivity contribution in [1.29, 1.82) is 0 Å². The molecule has 1 saturated heterocycles. The van der Waals surface area contributed by atoms with Crippen LogP contribution in [0.4, 0.5) is 5.69 Å². The van der Waals surface area contributed by atoms with Gasteiger partial charge in [-0.05, 0) is 37.1 Å². The van der Waals surface area contributed by atoms with Crippen LogP contribution in [0.15, 0.2) is 52.5 Å². The van der Waals surface area contributed by atoms with Crippen molar-refractivity contribution in [3.05, 3.63) is 68.7 Å². The van der Waals surface area contributed by atoms with Crippen LogP contribution in [0.5, 0.6) is 0 Å². The third-order valence-electron chi connectivity index (χ3n) is 4.36. The fourth-order valence-electron chi connectivity index (χ4n) is 2.84. The summed E-state index contributed by atoms with van der Waals surface area (Å²) < 4.78 is 26.7. The fourth-order valence-corrected chi connectivity index (χ4v) is 4.57. The number of carbonyl (C=O) groups is 1. The summed E-state index contributed by atoms with van der Waals surface area (Å²) in [5.74, 6) is -0.624. The number of hydrazone groups is 1. The van der Waals surface area contributed by atoms with Crippen molar-refractivity contribution in [1.82, 2.24) is 9.73 Å². The number of amides is 1. The van der Waals surface area contributed by atoms with Gasteiger partial charge in [-0.2, -0.15) is 9.41 Å². The summed E-state index contributed by atoms with van der Waals surface area (Å²) in [7, 11) is -3.64. The first kappa shape index (κ1) is 20.9. The van der Waals surface area contributed by atoms with Crippen molar-refractivity contribution in [2.24, 2.45) is 5.10 Å². The van der Waals surface area contributed by atoms with E-state index in [4.69, 9.17) is 11.6 Å². The molecule has 1 fully saturated rings. The number of halogens is 1. The molecule has 2 aromatic rings. The average Bonchev–Trinajstić information content (AvgIpc) is 3.25. The molecule has 3 rings (SSSR count). The Kier molecular flexibility index (Phi) is 6.26. The van der Waals surface area contributed by atoms with Gasteiger partial charge in [0.05, 0.1) is 16.0 Å². The average molecular weight is 437 g/mol. The lowest BCUT2D eigenvalue weighted by molar-refractivity contribution is -0.384. The number of rotatable bonds is 6. The van der Waals surface area contributed by atoms with Gasteiger partial charge in [-0.3, -0.25) is 14.9 Å².